The lowest BCUT2D eigenvalue weighted by Crippen LogP contribution is -2.52. The molecule has 5 atom stereocenters. The van der Waals surface area contributed by atoms with Crippen LogP contribution in [0.1, 0.15) is 65.0 Å². The van der Waals surface area contributed by atoms with Crippen LogP contribution in [0.3, 0.4) is 0 Å². The highest BCUT2D eigenvalue weighted by atomic mass is 15.2. The quantitative estimate of drug-likeness (QED) is 0.252. The summed E-state index contributed by atoms with van der Waals surface area (Å²) in [7, 11) is 0. The van der Waals surface area contributed by atoms with Crippen molar-refractivity contribution in [1.29, 1.82) is 0 Å². The lowest BCUT2D eigenvalue weighted by Gasteiger charge is -2.46. The highest BCUT2D eigenvalue weighted by Crippen LogP contribution is 2.46. The molecule has 0 saturated heterocycles. The monoisotopic (exact) mass is 480 g/mol. The second kappa shape index (κ2) is 12.7. The third-order valence-electron chi connectivity index (χ3n) is 8.49. The zero-order valence-electron chi connectivity index (χ0n) is 22.6. The Morgan fingerprint density at radius 1 is 1.20 bits per heavy atom. The summed E-state index contributed by atoms with van der Waals surface area (Å²) < 4.78 is 0. The van der Waals surface area contributed by atoms with Gasteiger partial charge in [0.05, 0.1) is 6.54 Å². The molecule has 1 aliphatic carbocycles. The van der Waals surface area contributed by atoms with Crippen molar-refractivity contribution in [1.82, 2.24) is 10.2 Å². The molecule has 35 heavy (non-hydrogen) atoms. The van der Waals surface area contributed by atoms with Crippen LogP contribution in [0.4, 0.5) is 0 Å². The van der Waals surface area contributed by atoms with E-state index in [2.05, 4.69) is 86.2 Å². The molecule has 3 rings (SSSR count). The van der Waals surface area contributed by atoms with Crippen molar-refractivity contribution >= 4 is 11.7 Å². The molecule has 1 aromatic carbocycles. The number of rotatable bonds is 11. The molecule has 6 heteroatoms. The fraction of sp³-hybridized carbons (Fsp3) is 0.655. The molecule has 0 bridgehead atoms. The van der Waals surface area contributed by atoms with Crippen molar-refractivity contribution in [3.8, 4) is 0 Å². The van der Waals surface area contributed by atoms with Crippen molar-refractivity contribution in [2.24, 2.45) is 38.7 Å². The van der Waals surface area contributed by atoms with Gasteiger partial charge in [-0.15, -0.1) is 0 Å². The predicted octanol–water partition coefficient (Wildman–Crippen LogP) is 4.14. The second-order valence-electron chi connectivity index (χ2n) is 10.5. The van der Waals surface area contributed by atoms with E-state index in [-0.39, 0.29) is 17.5 Å². The van der Waals surface area contributed by atoms with Gasteiger partial charge in [0.1, 0.15) is 6.17 Å². The number of nitrogens with one attached hydrogen (secondary N) is 1. The highest BCUT2D eigenvalue weighted by molar-refractivity contribution is 5.98. The van der Waals surface area contributed by atoms with Crippen molar-refractivity contribution in [3.63, 3.8) is 0 Å². The first-order valence-corrected chi connectivity index (χ1v) is 13.7. The maximum absolute atomic E-state index is 5.57. The fourth-order valence-corrected chi connectivity index (χ4v) is 6.33. The number of allylic oxidation sites excluding steroid dienone is 2. The van der Waals surface area contributed by atoms with E-state index in [9.17, 15) is 0 Å². The Balaban J connectivity index is 1.88. The first-order valence-electron chi connectivity index (χ1n) is 13.7. The number of nitrogens with zero attached hydrogens (tertiary/aromatic N) is 3. The lowest BCUT2D eigenvalue weighted by molar-refractivity contribution is 0.0951. The summed E-state index contributed by atoms with van der Waals surface area (Å²) in [6.45, 7) is 15.1. The fourth-order valence-electron chi connectivity index (χ4n) is 6.33. The Kier molecular flexibility index (Phi) is 9.93. The Labute approximate surface area is 213 Å². The van der Waals surface area contributed by atoms with Gasteiger partial charge in [-0.25, -0.2) is 0 Å². The first kappa shape index (κ1) is 27.4. The van der Waals surface area contributed by atoms with Gasteiger partial charge in [-0.05, 0) is 67.2 Å². The second-order valence-corrected chi connectivity index (χ2v) is 10.5. The molecule has 6 nitrogen and oxygen atoms in total. The Morgan fingerprint density at radius 3 is 2.60 bits per heavy atom. The van der Waals surface area contributed by atoms with E-state index < -0.39 is 0 Å². The molecule has 0 aromatic heterocycles. The van der Waals surface area contributed by atoms with Gasteiger partial charge >= 0.3 is 0 Å². The van der Waals surface area contributed by atoms with Gasteiger partial charge in [-0.2, -0.15) is 0 Å². The standard InChI is InChI=1S/C29H48N6/c1-6-22-13-9-10-14-23(22)16-19-35(8-3)26-20-25(32-17-18-33-28(30)31)29(5,7-2)27-21(4)12-11-15-24(27)34-26/h9-11,13-15,21,25-27,32H,6-8,12,16-20H2,1-5H3,(H4,30,31,33). The molecule has 0 fully saturated rings. The van der Waals surface area contributed by atoms with Gasteiger partial charge in [0.25, 0.3) is 0 Å². The minimum Gasteiger partial charge on any atom is -0.370 e. The molecule has 0 amide bonds. The Bertz CT molecular complexity index is 902. The molecule has 0 radical (unpaired) electrons. The van der Waals surface area contributed by atoms with Crippen LogP contribution in [0, 0.1) is 17.3 Å². The maximum Gasteiger partial charge on any atom is 0.185 e. The predicted molar refractivity (Wildman–Crippen MR) is 150 cm³/mol. The van der Waals surface area contributed by atoms with Gasteiger partial charge in [0, 0.05) is 30.8 Å². The van der Waals surface area contributed by atoms with Crippen molar-refractivity contribution in [2.75, 3.05) is 26.2 Å². The van der Waals surface area contributed by atoms with Gasteiger partial charge in [-0.3, -0.25) is 14.9 Å². The molecule has 2 aliphatic rings. The molecule has 1 aromatic rings. The van der Waals surface area contributed by atoms with Gasteiger partial charge in [0.2, 0.25) is 0 Å². The van der Waals surface area contributed by atoms with Crippen LogP contribution >= 0.6 is 0 Å². The summed E-state index contributed by atoms with van der Waals surface area (Å²) >= 11 is 0. The maximum atomic E-state index is 5.57. The van der Waals surface area contributed by atoms with Crippen molar-refractivity contribution in [2.45, 2.75) is 78.9 Å². The Hall–Kier alpha value is -2.18. The van der Waals surface area contributed by atoms with E-state index in [0.29, 0.717) is 24.4 Å². The smallest absolute Gasteiger partial charge is 0.185 e. The number of aryl methyl sites for hydroxylation is 1. The number of benzene rings is 1. The summed E-state index contributed by atoms with van der Waals surface area (Å²) in [5.74, 6) is 1.18. The van der Waals surface area contributed by atoms with Gasteiger partial charge in [-0.1, -0.05) is 65.0 Å². The van der Waals surface area contributed by atoms with Crippen molar-refractivity contribution in [3.05, 3.63) is 47.5 Å². The zero-order chi connectivity index (χ0) is 25.4. The number of nitrogens with two attached hydrogens (primary N) is 2. The van der Waals surface area contributed by atoms with Crippen LogP contribution in [-0.2, 0) is 12.8 Å². The average molecular weight is 481 g/mol. The molecule has 1 aliphatic heterocycles. The van der Waals surface area contributed by atoms with Crippen LogP contribution in [0.2, 0.25) is 0 Å². The van der Waals surface area contributed by atoms with E-state index in [1.54, 1.807) is 0 Å². The van der Waals surface area contributed by atoms with Crippen LogP contribution in [0.5, 0.6) is 0 Å². The third-order valence-corrected chi connectivity index (χ3v) is 8.49. The SMILES string of the molecule is CCc1ccccc1CCN(CC)C1CC(NCCN=C(N)N)C(C)(CC)C2C(=N1)C=CCC2C. The van der Waals surface area contributed by atoms with E-state index in [1.807, 2.05) is 0 Å². The summed E-state index contributed by atoms with van der Waals surface area (Å²) in [5, 5.41) is 3.87. The zero-order valence-corrected chi connectivity index (χ0v) is 22.6. The average Bonchev–Trinajstić information content (AvgIpc) is 2.97. The number of hydrogen-bond acceptors (Lipinski definition) is 4. The molecule has 5 N–H and O–H groups in total. The summed E-state index contributed by atoms with van der Waals surface area (Å²) in [4.78, 5) is 12.3. The highest BCUT2D eigenvalue weighted by Gasteiger charge is 2.48. The van der Waals surface area contributed by atoms with Crippen LogP contribution < -0.4 is 16.8 Å². The minimum atomic E-state index is 0.115. The molecule has 0 spiro atoms. The number of aliphatic imine (C=N–C) groups is 2. The van der Waals surface area contributed by atoms with E-state index in [4.69, 9.17) is 16.5 Å². The summed E-state index contributed by atoms with van der Waals surface area (Å²) in [6.07, 6.45) is 10.2. The van der Waals surface area contributed by atoms with E-state index >= 15 is 0 Å². The summed E-state index contributed by atoms with van der Waals surface area (Å²) in [6, 6.07) is 9.20. The van der Waals surface area contributed by atoms with Crippen molar-refractivity contribution < 1.29 is 0 Å². The molecule has 5 unspecified atom stereocenters. The topological polar surface area (TPSA) is 92.0 Å². The Morgan fingerprint density at radius 2 is 1.94 bits per heavy atom. The van der Waals surface area contributed by atoms with Gasteiger partial charge < -0.3 is 16.8 Å². The number of hydrogen-bond donors (Lipinski definition) is 3. The number of fused-ring (bicyclic) bond motifs is 1. The molecule has 1 heterocycles. The molecular formula is C29H48N6. The lowest BCUT2D eigenvalue weighted by atomic mass is 9.61. The van der Waals surface area contributed by atoms with E-state index in [0.717, 1.165) is 51.7 Å². The minimum absolute atomic E-state index is 0.115. The van der Waals surface area contributed by atoms with Crippen LogP contribution in [0.25, 0.3) is 0 Å². The largest absolute Gasteiger partial charge is 0.370 e. The van der Waals surface area contributed by atoms with Crippen LogP contribution in [-0.4, -0.2) is 55.0 Å². The normalized spacial score (nSPS) is 28.3. The molecule has 0 saturated carbocycles. The third kappa shape index (κ3) is 6.53. The molecular weight excluding hydrogens is 432 g/mol. The number of guanidine groups is 1. The number of likely N-dealkylation sites (N-methyl/N-ethyl adjacent to an activating group) is 1. The first-order chi connectivity index (χ1) is 16.8. The van der Waals surface area contributed by atoms with Crippen LogP contribution in [0.15, 0.2) is 46.4 Å². The molecule has 194 valence electrons. The van der Waals surface area contributed by atoms with E-state index in [1.165, 1.54) is 16.8 Å². The summed E-state index contributed by atoms with van der Waals surface area (Å²) in [5.41, 5.74) is 15.5. The van der Waals surface area contributed by atoms with Gasteiger partial charge in [0.15, 0.2) is 5.96 Å².